The highest BCUT2D eigenvalue weighted by Gasteiger charge is 2.34. The van der Waals surface area contributed by atoms with Crippen molar-refractivity contribution in [3.8, 4) is 5.69 Å². The van der Waals surface area contributed by atoms with E-state index in [9.17, 15) is 19.5 Å². The van der Waals surface area contributed by atoms with Crippen molar-refractivity contribution >= 4 is 17.8 Å². The maximum absolute atomic E-state index is 12.7. The summed E-state index contributed by atoms with van der Waals surface area (Å²) < 4.78 is 1.44. The van der Waals surface area contributed by atoms with Crippen LogP contribution in [0.15, 0.2) is 41.3 Å². The van der Waals surface area contributed by atoms with Gasteiger partial charge in [0.05, 0.1) is 12.3 Å². The molecule has 1 aromatic heterocycles. The third kappa shape index (κ3) is 7.25. The number of carbonyl (C=O) groups is 2. The number of aliphatic hydroxyl groups excluding tert-OH is 1. The normalized spacial score (nSPS) is 21.9. The van der Waals surface area contributed by atoms with Crippen molar-refractivity contribution in [2.75, 3.05) is 57.7 Å². The zero-order chi connectivity index (χ0) is 28.9. The van der Waals surface area contributed by atoms with Crippen LogP contribution in [0.4, 0.5) is 10.6 Å². The van der Waals surface area contributed by atoms with Gasteiger partial charge in [0.25, 0.3) is 0 Å². The Labute approximate surface area is 234 Å². The number of nitrogens with two attached hydrogens (primary N) is 2. The predicted molar refractivity (Wildman–Crippen MR) is 153 cm³/mol. The van der Waals surface area contributed by atoms with Crippen LogP contribution in [0.1, 0.15) is 32.3 Å². The van der Waals surface area contributed by atoms with E-state index in [4.69, 9.17) is 11.5 Å². The number of carbonyl (C=O) groups excluding carboxylic acids is 2. The summed E-state index contributed by atoms with van der Waals surface area (Å²) in [5.74, 6) is 0.360. The van der Waals surface area contributed by atoms with Crippen LogP contribution in [-0.2, 0) is 11.2 Å². The molecule has 218 valence electrons. The van der Waals surface area contributed by atoms with Gasteiger partial charge >= 0.3 is 11.7 Å². The lowest BCUT2D eigenvalue weighted by Crippen LogP contribution is -2.60. The molecular weight excluding hydrogens is 512 g/mol. The zero-order valence-electron chi connectivity index (χ0n) is 23.5. The number of urea groups is 1. The molecular formula is C28H42N8O4. The number of piperazine rings is 1. The highest BCUT2D eigenvalue weighted by molar-refractivity contribution is 5.89. The van der Waals surface area contributed by atoms with Gasteiger partial charge in [-0.15, -0.1) is 0 Å². The Balaban J connectivity index is 1.29. The third-order valence-corrected chi connectivity index (χ3v) is 8.05. The van der Waals surface area contributed by atoms with Gasteiger partial charge in [0.2, 0.25) is 5.91 Å². The molecule has 0 saturated carbocycles. The van der Waals surface area contributed by atoms with Crippen LogP contribution in [0.3, 0.4) is 0 Å². The van der Waals surface area contributed by atoms with E-state index in [0.29, 0.717) is 37.8 Å². The molecule has 0 aliphatic carbocycles. The summed E-state index contributed by atoms with van der Waals surface area (Å²) in [7, 11) is 0. The minimum Gasteiger partial charge on any atom is -0.394 e. The highest BCUT2D eigenvalue weighted by atomic mass is 16.3. The standard InChI is InChI=1S/C28H42N8O4/c1-20-7-11-33(13-9-23(20)29)12-8-21-3-5-22(6-4-21)36-14-10-24(32-27(36)40)31-26(39)35-17-15-34(16-18-35)25(38)28(2,30)19-37/h3-6,10,14,20,23,37H,7-9,11-13,15-19,29-30H2,1-2H3,(H,31,32,39,40)/t20?,23-,28+/m1/s1. The van der Waals surface area contributed by atoms with Crippen LogP contribution < -0.4 is 22.5 Å². The Morgan fingerprint density at radius 1 is 1.05 bits per heavy atom. The van der Waals surface area contributed by atoms with Gasteiger partial charge in [0, 0.05) is 45.0 Å². The molecule has 3 heterocycles. The number of nitrogens with zero attached hydrogens (tertiary/aromatic N) is 5. The number of likely N-dealkylation sites (tertiary alicyclic amines) is 1. The lowest BCUT2D eigenvalue weighted by atomic mass is 9.98. The van der Waals surface area contributed by atoms with E-state index in [2.05, 4.69) is 22.1 Å². The SMILES string of the molecule is CC1CCN(CCc2ccc(-n3ccc(NC(=O)N4CCN(C(=O)[C@@](C)(N)CO)CC4)nc3=O)cc2)CC[C@H]1N. The van der Waals surface area contributed by atoms with E-state index in [-0.39, 0.29) is 17.8 Å². The Kier molecular flexibility index (Phi) is 9.56. The van der Waals surface area contributed by atoms with Gasteiger partial charge in [-0.2, -0.15) is 4.98 Å². The fraction of sp³-hybridized carbons (Fsp3) is 0.571. The maximum atomic E-state index is 12.7. The van der Waals surface area contributed by atoms with Crippen LogP contribution in [0.5, 0.6) is 0 Å². The second-order valence-corrected chi connectivity index (χ2v) is 11.2. The predicted octanol–water partition coefficient (Wildman–Crippen LogP) is 0.220. The number of hydrogen-bond donors (Lipinski definition) is 4. The summed E-state index contributed by atoms with van der Waals surface area (Å²) in [6, 6.07) is 9.33. The fourth-order valence-corrected chi connectivity index (χ4v) is 5.06. The first-order chi connectivity index (χ1) is 19.1. The summed E-state index contributed by atoms with van der Waals surface area (Å²) in [5.41, 5.74) is 12.1. The largest absolute Gasteiger partial charge is 0.394 e. The molecule has 40 heavy (non-hydrogen) atoms. The Bertz CT molecular complexity index is 1210. The summed E-state index contributed by atoms with van der Waals surface area (Å²) in [5, 5.41) is 12.0. The van der Waals surface area contributed by atoms with Gasteiger partial charge in [0.1, 0.15) is 11.4 Å². The number of nitrogens with one attached hydrogen (secondary N) is 1. The fourth-order valence-electron chi connectivity index (χ4n) is 5.06. The van der Waals surface area contributed by atoms with Crippen LogP contribution in [0.25, 0.3) is 5.69 Å². The van der Waals surface area contributed by atoms with Gasteiger partial charge in [-0.05, 0) is 69.0 Å². The van der Waals surface area contributed by atoms with Crippen molar-refractivity contribution in [1.82, 2.24) is 24.3 Å². The van der Waals surface area contributed by atoms with Crippen molar-refractivity contribution in [2.45, 2.75) is 44.7 Å². The average molecular weight is 555 g/mol. The van der Waals surface area contributed by atoms with Crippen LogP contribution in [-0.4, -0.2) is 105 Å². The molecule has 2 saturated heterocycles. The second-order valence-electron chi connectivity index (χ2n) is 11.2. The van der Waals surface area contributed by atoms with Crippen molar-refractivity contribution in [3.05, 3.63) is 52.6 Å². The molecule has 3 atom stereocenters. The molecule has 12 nitrogen and oxygen atoms in total. The van der Waals surface area contributed by atoms with E-state index in [1.165, 1.54) is 22.0 Å². The molecule has 4 rings (SSSR count). The van der Waals surface area contributed by atoms with E-state index >= 15 is 0 Å². The molecule has 2 fully saturated rings. The smallest absolute Gasteiger partial charge is 0.354 e. The quantitative estimate of drug-likeness (QED) is 0.378. The number of amides is 3. The summed E-state index contributed by atoms with van der Waals surface area (Å²) in [6.07, 6.45) is 4.68. The number of aliphatic hydroxyl groups is 1. The summed E-state index contributed by atoms with van der Waals surface area (Å²) >= 11 is 0. The molecule has 0 spiro atoms. The molecule has 3 amide bonds. The number of aromatic nitrogens is 2. The van der Waals surface area contributed by atoms with E-state index in [0.717, 1.165) is 38.9 Å². The zero-order valence-corrected chi connectivity index (χ0v) is 23.5. The minimum absolute atomic E-state index is 0.155. The number of rotatable bonds is 7. The lowest BCUT2D eigenvalue weighted by Gasteiger charge is -2.37. The molecule has 2 aliphatic heterocycles. The molecule has 6 N–H and O–H groups in total. The van der Waals surface area contributed by atoms with Crippen LogP contribution in [0, 0.1) is 5.92 Å². The van der Waals surface area contributed by atoms with E-state index in [1.807, 2.05) is 24.3 Å². The molecule has 1 unspecified atom stereocenters. The van der Waals surface area contributed by atoms with Gasteiger partial charge in [-0.3, -0.25) is 14.7 Å². The van der Waals surface area contributed by atoms with Gasteiger partial charge in [0.15, 0.2) is 0 Å². The first kappa shape index (κ1) is 29.7. The van der Waals surface area contributed by atoms with Crippen molar-refractivity contribution in [2.24, 2.45) is 17.4 Å². The Hall–Kier alpha value is -3.32. The molecule has 0 bridgehead atoms. The summed E-state index contributed by atoms with van der Waals surface area (Å²) in [4.78, 5) is 47.5. The first-order valence-electron chi connectivity index (χ1n) is 14.0. The van der Waals surface area contributed by atoms with Crippen molar-refractivity contribution in [1.29, 1.82) is 0 Å². The van der Waals surface area contributed by atoms with Crippen molar-refractivity contribution < 1.29 is 14.7 Å². The van der Waals surface area contributed by atoms with Crippen molar-refractivity contribution in [3.63, 3.8) is 0 Å². The number of anilines is 1. The number of hydrogen-bond acceptors (Lipinski definition) is 8. The van der Waals surface area contributed by atoms with Gasteiger partial charge in [-0.25, -0.2) is 9.59 Å². The maximum Gasteiger partial charge on any atom is 0.354 e. The van der Waals surface area contributed by atoms with Gasteiger partial charge < -0.3 is 31.3 Å². The van der Waals surface area contributed by atoms with Crippen LogP contribution >= 0.6 is 0 Å². The average Bonchev–Trinajstić information content (AvgIpc) is 3.12. The minimum atomic E-state index is -1.35. The molecule has 2 aromatic rings. The Morgan fingerprint density at radius 2 is 1.70 bits per heavy atom. The molecule has 0 radical (unpaired) electrons. The topological polar surface area (TPSA) is 163 Å². The molecule has 2 aliphatic rings. The van der Waals surface area contributed by atoms with E-state index < -0.39 is 23.9 Å². The molecule has 12 heteroatoms. The monoisotopic (exact) mass is 554 g/mol. The highest BCUT2D eigenvalue weighted by Crippen LogP contribution is 2.17. The Morgan fingerprint density at radius 3 is 2.35 bits per heavy atom. The lowest BCUT2D eigenvalue weighted by molar-refractivity contribution is -0.139. The van der Waals surface area contributed by atoms with Crippen LogP contribution in [0.2, 0.25) is 0 Å². The summed E-state index contributed by atoms with van der Waals surface area (Å²) in [6.45, 7) is 7.54. The van der Waals surface area contributed by atoms with E-state index in [1.54, 1.807) is 17.2 Å². The second kappa shape index (κ2) is 12.9. The first-order valence-corrected chi connectivity index (χ1v) is 14.0. The van der Waals surface area contributed by atoms with Gasteiger partial charge in [-0.1, -0.05) is 19.1 Å². The third-order valence-electron chi connectivity index (χ3n) is 8.05. The molecule has 1 aromatic carbocycles. The number of benzene rings is 1.